The summed E-state index contributed by atoms with van der Waals surface area (Å²) >= 11 is 0. The number of rotatable bonds is 2. The van der Waals surface area contributed by atoms with Gasteiger partial charge < -0.3 is 5.32 Å². The van der Waals surface area contributed by atoms with Gasteiger partial charge in [0.25, 0.3) is 0 Å². The van der Waals surface area contributed by atoms with E-state index in [1.165, 1.54) is 0 Å². The summed E-state index contributed by atoms with van der Waals surface area (Å²) in [4.78, 5) is 4.73. The average molecular weight is 345 g/mol. The number of fused-ring (bicyclic) bond motifs is 2. The molecule has 0 radical (unpaired) electrons. The molecule has 2 aliphatic heterocycles. The van der Waals surface area contributed by atoms with Crippen LogP contribution in [0, 0.1) is 17.2 Å². The fourth-order valence-electron chi connectivity index (χ4n) is 3.80. The number of benzene rings is 1. The molecule has 2 N–H and O–H groups in total. The molecule has 26 heavy (non-hydrogen) atoms. The first-order valence-electron chi connectivity index (χ1n) is 8.49. The number of nitrogens with one attached hydrogen (secondary N) is 2. The average Bonchev–Trinajstić information content (AvgIpc) is 3.36. The molecule has 1 aromatic carbocycles. The number of aromatic amines is 1. The van der Waals surface area contributed by atoms with Gasteiger partial charge in [-0.1, -0.05) is 18.2 Å². The summed E-state index contributed by atoms with van der Waals surface area (Å²) in [5, 5.41) is 28.5. The van der Waals surface area contributed by atoms with Crippen molar-refractivity contribution in [1.29, 1.82) is 5.26 Å². The number of hydrogen-bond donors (Lipinski definition) is 2. The molecule has 5 rings (SSSR count). The SMILES string of the molecule is N#CC1C(C2=CCCNC2)=Nc2[nH]ncc2C1c1cccc2nonc12. The van der Waals surface area contributed by atoms with Crippen LogP contribution in [-0.4, -0.2) is 39.3 Å². The maximum absolute atomic E-state index is 10.0. The van der Waals surface area contributed by atoms with Crippen molar-refractivity contribution in [2.75, 3.05) is 13.1 Å². The molecule has 2 aliphatic rings. The molecule has 2 atom stereocenters. The van der Waals surface area contributed by atoms with Crippen LogP contribution in [0.5, 0.6) is 0 Å². The van der Waals surface area contributed by atoms with Gasteiger partial charge in [0.1, 0.15) is 11.0 Å². The highest BCUT2D eigenvalue weighted by Gasteiger charge is 2.38. The molecule has 0 spiro atoms. The molecule has 0 bridgehead atoms. The maximum Gasteiger partial charge on any atom is 0.152 e. The summed E-state index contributed by atoms with van der Waals surface area (Å²) in [7, 11) is 0. The van der Waals surface area contributed by atoms with Crippen LogP contribution in [0.1, 0.15) is 23.5 Å². The number of nitriles is 1. The Labute approximate surface area is 148 Å². The van der Waals surface area contributed by atoms with Crippen LogP contribution >= 0.6 is 0 Å². The molecule has 0 aliphatic carbocycles. The molecule has 4 heterocycles. The van der Waals surface area contributed by atoms with Gasteiger partial charge in [-0.05, 0) is 40.5 Å². The molecule has 8 nitrogen and oxygen atoms in total. The molecule has 0 fully saturated rings. The molecule has 2 unspecified atom stereocenters. The minimum absolute atomic E-state index is 0.236. The lowest BCUT2D eigenvalue weighted by Gasteiger charge is -2.29. The lowest BCUT2D eigenvalue weighted by Crippen LogP contribution is -2.33. The maximum atomic E-state index is 10.0. The van der Waals surface area contributed by atoms with Crippen molar-refractivity contribution in [2.24, 2.45) is 10.9 Å². The van der Waals surface area contributed by atoms with E-state index >= 15 is 0 Å². The van der Waals surface area contributed by atoms with E-state index in [-0.39, 0.29) is 5.92 Å². The highest BCUT2D eigenvalue weighted by Crippen LogP contribution is 2.44. The Hall–Kier alpha value is -3.31. The normalized spacial score (nSPS) is 22.4. The van der Waals surface area contributed by atoms with Gasteiger partial charge in [0.05, 0.1) is 23.9 Å². The van der Waals surface area contributed by atoms with Crippen LogP contribution in [-0.2, 0) is 0 Å². The van der Waals surface area contributed by atoms with Crippen LogP contribution in [0.3, 0.4) is 0 Å². The lowest BCUT2D eigenvalue weighted by molar-refractivity contribution is 0.315. The predicted molar refractivity (Wildman–Crippen MR) is 94.0 cm³/mol. The second-order valence-electron chi connectivity index (χ2n) is 6.43. The predicted octanol–water partition coefficient (Wildman–Crippen LogP) is 2.22. The summed E-state index contributed by atoms with van der Waals surface area (Å²) < 4.78 is 4.92. The fraction of sp³-hybridized carbons (Fsp3) is 0.278. The first kappa shape index (κ1) is 15.0. The summed E-state index contributed by atoms with van der Waals surface area (Å²) in [5.74, 6) is 0.0182. The van der Waals surface area contributed by atoms with Crippen molar-refractivity contribution in [1.82, 2.24) is 25.8 Å². The Kier molecular flexibility index (Phi) is 3.40. The van der Waals surface area contributed by atoms with Crippen molar-refractivity contribution in [3.8, 4) is 6.07 Å². The van der Waals surface area contributed by atoms with E-state index in [4.69, 9.17) is 9.62 Å². The van der Waals surface area contributed by atoms with Crippen molar-refractivity contribution < 1.29 is 4.63 Å². The van der Waals surface area contributed by atoms with E-state index in [0.29, 0.717) is 23.4 Å². The van der Waals surface area contributed by atoms with Gasteiger partial charge in [0.15, 0.2) is 5.82 Å². The number of aliphatic imine (C=N–C) groups is 1. The number of nitrogens with zero attached hydrogens (tertiary/aromatic N) is 5. The molecule has 0 saturated carbocycles. The van der Waals surface area contributed by atoms with Gasteiger partial charge >= 0.3 is 0 Å². The summed E-state index contributed by atoms with van der Waals surface area (Å²) in [6.45, 7) is 1.65. The molecule has 0 amide bonds. The minimum Gasteiger partial charge on any atom is -0.312 e. The molecule has 2 aromatic heterocycles. The van der Waals surface area contributed by atoms with Gasteiger partial charge in [-0.3, -0.25) is 5.10 Å². The summed E-state index contributed by atoms with van der Waals surface area (Å²) in [6, 6.07) is 8.19. The largest absolute Gasteiger partial charge is 0.312 e. The zero-order valence-corrected chi connectivity index (χ0v) is 13.8. The highest BCUT2D eigenvalue weighted by molar-refractivity contribution is 6.07. The minimum atomic E-state index is -0.437. The second kappa shape index (κ2) is 5.89. The van der Waals surface area contributed by atoms with Crippen LogP contribution in [0.2, 0.25) is 0 Å². The molecule has 0 saturated heterocycles. The monoisotopic (exact) mass is 345 g/mol. The first-order chi connectivity index (χ1) is 12.9. The van der Waals surface area contributed by atoms with Crippen molar-refractivity contribution in [3.05, 3.63) is 47.2 Å². The van der Waals surface area contributed by atoms with Crippen LogP contribution in [0.15, 0.2) is 45.7 Å². The Bertz CT molecular complexity index is 1080. The van der Waals surface area contributed by atoms with E-state index in [9.17, 15) is 5.26 Å². The topological polar surface area (TPSA) is 116 Å². The number of H-pyrrole nitrogens is 1. The van der Waals surface area contributed by atoms with Crippen molar-refractivity contribution >= 4 is 22.6 Å². The van der Waals surface area contributed by atoms with Crippen LogP contribution < -0.4 is 5.32 Å². The molecular weight excluding hydrogens is 330 g/mol. The molecule has 3 aromatic rings. The third kappa shape index (κ3) is 2.18. The Morgan fingerprint density at radius 1 is 1.23 bits per heavy atom. The smallest absolute Gasteiger partial charge is 0.152 e. The Morgan fingerprint density at radius 3 is 3.04 bits per heavy atom. The lowest BCUT2D eigenvalue weighted by atomic mass is 9.75. The second-order valence-corrected chi connectivity index (χ2v) is 6.43. The Balaban J connectivity index is 1.72. The van der Waals surface area contributed by atoms with E-state index < -0.39 is 5.92 Å². The van der Waals surface area contributed by atoms with Gasteiger partial charge in [-0.2, -0.15) is 10.4 Å². The quantitative estimate of drug-likeness (QED) is 0.736. The zero-order chi connectivity index (χ0) is 17.5. The third-order valence-corrected chi connectivity index (χ3v) is 4.99. The van der Waals surface area contributed by atoms with Gasteiger partial charge in [0.2, 0.25) is 0 Å². The first-order valence-corrected chi connectivity index (χ1v) is 8.49. The zero-order valence-electron chi connectivity index (χ0n) is 13.8. The molecule has 128 valence electrons. The summed E-state index contributed by atoms with van der Waals surface area (Å²) in [5.41, 5.74) is 4.98. The van der Waals surface area contributed by atoms with E-state index in [1.54, 1.807) is 6.20 Å². The summed E-state index contributed by atoms with van der Waals surface area (Å²) in [6.07, 6.45) is 4.83. The number of aromatic nitrogens is 4. The van der Waals surface area contributed by atoms with Crippen LogP contribution in [0.25, 0.3) is 11.0 Å². The number of hydrogen-bond acceptors (Lipinski definition) is 7. The van der Waals surface area contributed by atoms with E-state index in [1.807, 2.05) is 18.2 Å². The van der Waals surface area contributed by atoms with Gasteiger partial charge in [0, 0.05) is 18.0 Å². The standard InChI is InChI=1S/C18H15N7O/c19-7-12-15(11-4-1-5-14-17(11)25-26-24-14)13-9-21-23-18(13)22-16(12)10-3-2-6-20-8-10/h1,3-5,9,12,15,20H,2,6,8H2,(H,21,23). The molecule has 8 heteroatoms. The van der Waals surface area contributed by atoms with Crippen LogP contribution in [0.4, 0.5) is 5.82 Å². The molecular formula is C18H15N7O. The third-order valence-electron chi connectivity index (χ3n) is 4.99. The van der Waals surface area contributed by atoms with Crippen molar-refractivity contribution in [3.63, 3.8) is 0 Å². The van der Waals surface area contributed by atoms with E-state index in [2.05, 4.69) is 38.0 Å². The highest BCUT2D eigenvalue weighted by atomic mass is 16.6. The van der Waals surface area contributed by atoms with E-state index in [0.717, 1.165) is 35.4 Å². The van der Waals surface area contributed by atoms with Gasteiger partial charge in [-0.25, -0.2) is 9.62 Å². The fourth-order valence-corrected chi connectivity index (χ4v) is 3.80. The Morgan fingerprint density at radius 2 is 2.19 bits per heavy atom. The van der Waals surface area contributed by atoms with Crippen molar-refractivity contribution in [2.45, 2.75) is 12.3 Å². The van der Waals surface area contributed by atoms with Gasteiger partial charge in [-0.15, -0.1) is 0 Å².